The maximum atomic E-state index is 12.0. The molecular formula is C14H22N6O2. The summed E-state index contributed by atoms with van der Waals surface area (Å²) in [6.45, 7) is 7.15. The van der Waals surface area contributed by atoms with E-state index in [1.165, 1.54) is 6.20 Å². The summed E-state index contributed by atoms with van der Waals surface area (Å²) in [5.41, 5.74) is 0.331. The average Bonchev–Trinajstić information content (AvgIpc) is 2.79. The second-order valence-corrected chi connectivity index (χ2v) is 5.54. The van der Waals surface area contributed by atoms with Gasteiger partial charge in [-0.25, -0.2) is 4.98 Å². The highest BCUT2D eigenvalue weighted by atomic mass is 16.2. The van der Waals surface area contributed by atoms with Crippen molar-refractivity contribution in [2.45, 2.75) is 33.4 Å². The predicted octanol–water partition coefficient (Wildman–Crippen LogP) is 0.00310. The van der Waals surface area contributed by atoms with Crippen LogP contribution in [-0.4, -0.2) is 49.7 Å². The number of aryl methyl sites for hydroxylation is 1. The summed E-state index contributed by atoms with van der Waals surface area (Å²) in [5, 5.41) is 7.35. The van der Waals surface area contributed by atoms with Crippen LogP contribution in [0.25, 0.3) is 11.0 Å². The van der Waals surface area contributed by atoms with E-state index in [1.807, 2.05) is 25.7 Å². The van der Waals surface area contributed by atoms with Gasteiger partial charge in [-0.2, -0.15) is 5.10 Å². The van der Waals surface area contributed by atoms with E-state index in [4.69, 9.17) is 0 Å². The first-order chi connectivity index (χ1) is 10.4. The van der Waals surface area contributed by atoms with Crippen molar-refractivity contribution < 1.29 is 4.79 Å². The van der Waals surface area contributed by atoms with Gasteiger partial charge in [-0.3, -0.25) is 19.2 Å². The Labute approximate surface area is 128 Å². The molecule has 2 aromatic rings. The zero-order chi connectivity index (χ0) is 16.3. The molecule has 2 N–H and O–H groups in total. The van der Waals surface area contributed by atoms with Gasteiger partial charge in [0.2, 0.25) is 5.91 Å². The van der Waals surface area contributed by atoms with Crippen LogP contribution in [0.2, 0.25) is 0 Å². The van der Waals surface area contributed by atoms with Crippen LogP contribution in [-0.2, 0) is 18.4 Å². The molecule has 2 heterocycles. The van der Waals surface area contributed by atoms with Gasteiger partial charge in [0.15, 0.2) is 5.65 Å². The Balaban J connectivity index is 2.15. The van der Waals surface area contributed by atoms with E-state index in [0.717, 1.165) is 0 Å². The molecule has 0 fully saturated rings. The molecule has 8 heteroatoms. The summed E-state index contributed by atoms with van der Waals surface area (Å²) in [7, 11) is 1.74. The van der Waals surface area contributed by atoms with E-state index in [1.54, 1.807) is 11.7 Å². The number of aromatic amines is 1. The van der Waals surface area contributed by atoms with Crippen molar-refractivity contribution in [2.24, 2.45) is 7.05 Å². The molecule has 0 radical (unpaired) electrons. The zero-order valence-corrected chi connectivity index (χ0v) is 13.4. The second kappa shape index (κ2) is 6.69. The highest BCUT2D eigenvalue weighted by Crippen LogP contribution is 2.06. The lowest BCUT2D eigenvalue weighted by Crippen LogP contribution is -2.40. The van der Waals surface area contributed by atoms with Gasteiger partial charge in [-0.05, 0) is 20.4 Å². The Morgan fingerprint density at radius 2 is 2.23 bits per heavy atom. The Morgan fingerprint density at radius 3 is 2.86 bits per heavy atom. The average molecular weight is 306 g/mol. The van der Waals surface area contributed by atoms with Crippen LogP contribution in [0.5, 0.6) is 0 Å². The molecule has 0 unspecified atom stereocenters. The fraction of sp³-hybridized carbons (Fsp3) is 0.571. The van der Waals surface area contributed by atoms with Crippen molar-refractivity contribution in [2.75, 3.05) is 13.1 Å². The first-order valence-electron chi connectivity index (χ1n) is 7.33. The van der Waals surface area contributed by atoms with Crippen molar-refractivity contribution in [3.63, 3.8) is 0 Å². The standard InChI is InChI=1S/C14H22N6O2/c1-5-20(8-12(21)16-9(2)3)7-11-17-13-10(14(22)18-11)6-15-19(13)4/h6,9H,5,7-8H2,1-4H3,(H,16,21)(H,17,18,22). The van der Waals surface area contributed by atoms with Gasteiger partial charge in [0.05, 0.1) is 19.3 Å². The number of amides is 1. The third kappa shape index (κ3) is 3.70. The number of fused-ring (bicyclic) bond motifs is 1. The van der Waals surface area contributed by atoms with E-state index >= 15 is 0 Å². The molecule has 1 amide bonds. The van der Waals surface area contributed by atoms with E-state index in [-0.39, 0.29) is 24.1 Å². The van der Waals surface area contributed by atoms with Gasteiger partial charge in [0.1, 0.15) is 11.2 Å². The smallest absolute Gasteiger partial charge is 0.262 e. The van der Waals surface area contributed by atoms with Crippen molar-refractivity contribution in [1.82, 2.24) is 30.0 Å². The highest BCUT2D eigenvalue weighted by molar-refractivity contribution is 5.78. The summed E-state index contributed by atoms with van der Waals surface area (Å²) in [6.07, 6.45) is 1.50. The molecule has 0 saturated carbocycles. The van der Waals surface area contributed by atoms with Gasteiger partial charge in [-0.15, -0.1) is 0 Å². The minimum absolute atomic E-state index is 0.0409. The maximum absolute atomic E-state index is 12.0. The second-order valence-electron chi connectivity index (χ2n) is 5.54. The van der Waals surface area contributed by atoms with Crippen LogP contribution in [0, 0.1) is 0 Å². The molecule has 0 aliphatic rings. The molecule has 2 aromatic heterocycles. The van der Waals surface area contributed by atoms with E-state index in [0.29, 0.717) is 29.9 Å². The molecule has 2 rings (SSSR count). The number of carbonyl (C=O) groups is 1. The number of nitrogens with zero attached hydrogens (tertiary/aromatic N) is 4. The lowest BCUT2D eigenvalue weighted by molar-refractivity contribution is -0.122. The van der Waals surface area contributed by atoms with Crippen LogP contribution in [0.15, 0.2) is 11.0 Å². The Bertz CT molecular complexity index is 718. The Hall–Kier alpha value is -2.22. The minimum atomic E-state index is -0.212. The monoisotopic (exact) mass is 306 g/mol. The van der Waals surface area contributed by atoms with E-state index in [9.17, 15) is 9.59 Å². The Kier molecular flexibility index (Phi) is 4.92. The molecule has 0 aliphatic heterocycles. The first-order valence-corrected chi connectivity index (χ1v) is 7.33. The fourth-order valence-electron chi connectivity index (χ4n) is 2.21. The third-order valence-corrected chi connectivity index (χ3v) is 3.29. The molecule has 120 valence electrons. The highest BCUT2D eigenvalue weighted by Gasteiger charge is 2.14. The molecule has 0 aliphatic carbocycles. The number of hydrogen-bond acceptors (Lipinski definition) is 5. The summed E-state index contributed by atoms with van der Waals surface area (Å²) >= 11 is 0. The number of hydrogen-bond donors (Lipinski definition) is 2. The van der Waals surface area contributed by atoms with Gasteiger partial charge in [0.25, 0.3) is 5.56 Å². The quantitative estimate of drug-likeness (QED) is 0.783. The van der Waals surface area contributed by atoms with Gasteiger partial charge in [-0.1, -0.05) is 6.92 Å². The minimum Gasteiger partial charge on any atom is -0.353 e. The molecule has 0 spiro atoms. The van der Waals surface area contributed by atoms with Gasteiger partial charge >= 0.3 is 0 Å². The molecule has 8 nitrogen and oxygen atoms in total. The first kappa shape index (κ1) is 16.2. The maximum Gasteiger partial charge on any atom is 0.262 e. The van der Waals surface area contributed by atoms with Gasteiger partial charge in [0, 0.05) is 13.1 Å². The molecule has 0 bridgehead atoms. The van der Waals surface area contributed by atoms with Crippen LogP contribution >= 0.6 is 0 Å². The number of likely N-dealkylation sites (N-methyl/N-ethyl adjacent to an activating group) is 1. The summed E-state index contributed by atoms with van der Waals surface area (Å²) in [5.74, 6) is 0.487. The molecule has 0 atom stereocenters. The molecule has 0 saturated heterocycles. The fourth-order valence-corrected chi connectivity index (χ4v) is 2.21. The van der Waals surface area contributed by atoms with Crippen LogP contribution in [0.4, 0.5) is 0 Å². The Morgan fingerprint density at radius 1 is 1.50 bits per heavy atom. The van der Waals surface area contributed by atoms with Crippen molar-refractivity contribution in [3.05, 3.63) is 22.4 Å². The number of H-pyrrole nitrogens is 1. The van der Waals surface area contributed by atoms with Crippen molar-refractivity contribution >= 4 is 16.9 Å². The number of rotatable bonds is 6. The third-order valence-electron chi connectivity index (χ3n) is 3.29. The normalized spacial score (nSPS) is 11.5. The van der Waals surface area contributed by atoms with E-state index < -0.39 is 0 Å². The lowest BCUT2D eigenvalue weighted by Gasteiger charge is -2.20. The number of carbonyl (C=O) groups excluding carboxylic acids is 1. The summed E-state index contributed by atoms with van der Waals surface area (Å²) in [6, 6.07) is 0.106. The van der Waals surface area contributed by atoms with Gasteiger partial charge < -0.3 is 10.3 Å². The largest absolute Gasteiger partial charge is 0.353 e. The zero-order valence-electron chi connectivity index (χ0n) is 13.4. The van der Waals surface area contributed by atoms with Crippen LogP contribution in [0.1, 0.15) is 26.6 Å². The topological polar surface area (TPSA) is 95.9 Å². The predicted molar refractivity (Wildman–Crippen MR) is 83.4 cm³/mol. The van der Waals surface area contributed by atoms with E-state index in [2.05, 4.69) is 20.4 Å². The molecule has 22 heavy (non-hydrogen) atoms. The SMILES string of the molecule is CCN(CC(=O)NC(C)C)Cc1nc2c(cnn2C)c(=O)[nH]1. The lowest BCUT2D eigenvalue weighted by atomic mass is 10.3. The molecule has 0 aromatic carbocycles. The summed E-state index contributed by atoms with van der Waals surface area (Å²) in [4.78, 5) is 32.9. The van der Waals surface area contributed by atoms with Crippen LogP contribution < -0.4 is 10.9 Å². The number of aromatic nitrogens is 4. The molecular weight excluding hydrogens is 284 g/mol. The summed E-state index contributed by atoms with van der Waals surface area (Å²) < 4.78 is 1.57. The van der Waals surface area contributed by atoms with Crippen LogP contribution in [0.3, 0.4) is 0 Å². The number of nitrogens with one attached hydrogen (secondary N) is 2. The van der Waals surface area contributed by atoms with Crippen molar-refractivity contribution in [1.29, 1.82) is 0 Å². The van der Waals surface area contributed by atoms with Crippen molar-refractivity contribution in [3.8, 4) is 0 Å².